The fourth-order valence-electron chi connectivity index (χ4n) is 17.9. The van der Waals surface area contributed by atoms with E-state index in [1.165, 1.54) is 80.3 Å². The number of ether oxygens (including phenoxy) is 2. The second-order valence-corrected chi connectivity index (χ2v) is 38.3. The quantitative estimate of drug-likeness (QED) is 0.0339. The zero-order chi connectivity index (χ0) is 103. The Morgan fingerprint density at radius 2 is 1.08 bits per heavy atom. The lowest BCUT2D eigenvalue weighted by Gasteiger charge is -2.36. The molecule has 0 radical (unpaired) electrons. The first-order chi connectivity index (χ1) is 67.7. The summed E-state index contributed by atoms with van der Waals surface area (Å²) in [6.45, 7) is 10.2. The van der Waals surface area contributed by atoms with Gasteiger partial charge in [-0.25, -0.2) is 4.98 Å². The molecule has 42 nitrogen and oxygen atoms in total. The summed E-state index contributed by atoms with van der Waals surface area (Å²) in [5, 5.41) is 40.0. The Labute approximate surface area is 828 Å². The number of pyridine rings is 1. The van der Waals surface area contributed by atoms with Crippen LogP contribution in [0.1, 0.15) is 149 Å². The van der Waals surface area contributed by atoms with Gasteiger partial charge in [0, 0.05) is 111 Å². The number of carbonyl (C=O) groups is 17. The third kappa shape index (κ3) is 29.4. The van der Waals surface area contributed by atoms with Gasteiger partial charge in [0.1, 0.15) is 102 Å². The molecule has 43 heteroatoms. The maximum Gasteiger partial charge on any atom is 0.246 e. The number of aromatic nitrogens is 3. The largest absolute Gasteiger partial charge is 0.508 e. The monoisotopic (exact) mass is 1990 g/mol. The fourth-order valence-corrected chi connectivity index (χ4v) is 18.8. The normalized spacial score (nSPS) is 24.2. The Morgan fingerprint density at radius 1 is 0.542 bits per heavy atom. The van der Waals surface area contributed by atoms with Crippen molar-refractivity contribution in [3.05, 3.63) is 132 Å². The van der Waals surface area contributed by atoms with Crippen molar-refractivity contribution in [2.75, 3.05) is 72.5 Å². The van der Waals surface area contributed by atoms with Crippen molar-refractivity contribution in [2.45, 2.75) is 242 Å². The summed E-state index contributed by atoms with van der Waals surface area (Å²) < 4.78 is 12.2. The minimum Gasteiger partial charge on any atom is -0.508 e. The summed E-state index contributed by atoms with van der Waals surface area (Å²) in [5.74, 6) is -16.3. The molecule has 4 aromatic carbocycles. The van der Waals surface area contributed by atoms with E-state index in [2.05, 4.69) is 68.1 Å². The van der Waals surface area contributed by atoms with Gasteiger partial charge in [0.05, 0.1) is 32.4 Å². The van der Waals surface area contributed by atoms with Gasteiger partial charge in [-0.1, -0.05) is 116 Å². The number of phenolic OH excluding ortho intramolecular Hbond substituents is 1. The van der Waals surface area contributed by atoms with Gasteiger partial charge < -0.3 is 125 Å². The Bertz CT molecular complexity index is 5680. The molecular formula is C99H136N22O20S. The second-order valence-electron chi connectivity index (χ2n) is 37.3. The van der Waals surface area contributed by atoms with Gasteiger partial charge in [0.15, 0.2) is 0 Å². The molecule has 3 aliphatic heterocycles. The smallest absolute Gasteiger partial charge is 0.246 e. The molecule has 10 rings (SSSR count). The third-order valence-corrected chi connectivity index (χ3v) is 26.8. The molecule has 21 N–H and O–H groups in total. The van der Waals surface area contributed by atoms with Gasteiger partial charge in [0.25, 0.3) is 0 Å². The number of hydrogen-bond donors (Lipinski definition) is 17. The number of methoxy groups -OCH3 is 1. The minimum absolute atomic E-state index is 0.0141. The van der Waals surface area contributed by atoms with Crippen LogP contribution < -0.4 is 85.6 Å². The Balaban J connectivity index is 1.04. The molecular weight excluding hydrogens is 1850 g/mol. The molecule has 17 amide bonds. The number of fused-ring (bicyclic) bond motifs is 5. The van der Waals surface area contributed by atoms with Crippen LogP contribution in [-0.2, 0) is 101 Å². The minimum atomic E-state index is -1.77. The lowest BCUT2D eigenvalue weighted by molar-refractivity contribution is -0.149. The Morgan fingerprint density at radius 3 is 1.70 bits per heavy atom. The molecule has 15 atom stereocenters. The van der Waals surface area contributed by atoms with E-state index in [9.17, 15) is 48.3 Å². The van der Waals surface area contributed by atoms with Gasteiger partial charge in [-0.15, -0.1) is 11.8 Å². The highest BCUT2D eigenvalue weighted by molar-refractivity contribution is 8.00. The molecule has 3 fully saturated rings. The van der Waals surface area contributed by atoms with Crippen molar-refractivity contribution in [1.82, 2.24) is 92.6 Å². The number of nitrogens with two attached hydrogens (primary N) is 4. The number of phenols is 1. The summed E-state index contributed by atoms with van der Waals surface area (Å²) in [6, 6.07) is 5.88. The number of thioether (sulfide) groups is 1. The number of carbonyl (C=O) groups excluding carboxylic acids is 17. The van der Waals surface area contributed by atoms with Crippen molar-refractivity contribution in [3.8, 4) is 17.4 Å². The maximum absolute atomic E-state index is 16.0. The van der Waals surface area contributed by atoms with Gasteiger partial charge in [-0.05, 0) is 141 Å². The lowest BCUT2D eigenvalue weighted by atomic mass is 9.99. The van der Waals surface area contributed by atoms with E-state index in [1.54, 1.807) is 101 Å². The van der Waals surface area contributed by atoms with E-state index in [0.29, 0.717) is 80.7 Å². The fraction of sp³-hybridized carbons (Fsp3) is 0.515. The van der Waals surface area contributed by atoms with Crippen LogP contribution in [-0.4, -0.2) is 308 Å². The summed E-state index contributed by atoms with van der Waals surface area (Å²) in [6.07, 6.45) is 3.67. The number of likely N-dealkylation sites (N-methyl/N-ethyl adjacent to an activating group) is 3. The standard InChI is InChI=1S/C99H136N22O20S/c1-12-14-25-78-91(132)110-70(39-54(3)4)88(129)116-77(86(127)107-50-83(103)124)52-142-53-84(125)108-73(41-57-28-30-61(122)31-29-57)95(135)117(8)56(7)85(126)112-75(46-82(102)123)97(137)120-38-20-27-79(120)92(133)115-76(47-101)90(131)113-72(40-55(5)6)98(138)121-51-63(141-94-66-33-32-62(140-11)42-58(66)35-37-104-94)45-81(121)93(134)111-71(43-59-48-105-67-23-18-16-21-64(59)67)89(130)109-69(34-36-100)87(128)114-74(44-60-49-106-68-24-19-17-22-65(60)68)96(136)119(10)80(26-15-13-2)99(139)118(78)9/h16-19,21-24,28-33,35,37,42,48-49,54-56,63,69-81,105-106,122H,12-15,20,25-27,34,36,38-41,43-47,50-53,100-101H2,1-11H3,(H2,102,123)(H2,103,124)(H,107,127)(H,108,125)(H,109,130)(H,110,132)(H,111,134)(H,112,126)(H,113,131)(H,114,128)(H,115,133)(H,116,129)/t56-,63+,69-,70-,71-,72-,73-,74-,75-,76-,77-,78-,79-,80-,81-/m0/s1. The molecule has 768 valence electrons. The number of nitrogens with one attached hydrogen (secondary N) is 12. The van der Waals surface area contributed by atoms with Crippen molar-refractivity contribution in [1.29, 1.82) is 0 Å². The molecule has 3 aliphatic rings. The van der Waals surface area contributed by atoms with E-state index in [1.807, 2.05) is 26.0 Å². The molecule has 6 heterocycles. The number of nitrogens with zero attached hydrogens (tertiary/aromatic N) is 6. The first-order valence-corrected chi connectivity index (χ1v) is 49.3. The number of H-pyrrole nitrogens is 2. The van der Waals surface area contributed by atoms with Crippen LogP contribution in [0.2, 0.25) is 0 Å². The number of benzene rings is 4. The van der Waals surface area contributed by atoms with Crippen LogP contribution in [0.25, 0.3) is 32.6 Å². The van der Waals surface area contributed by atoms with Gasteiger partial charge in [-0.2, -0.15) is 0 Å². The highest BCUT2D eigenvalue weighted by Gasteiger charge is 2.48. The van der Waals surface area contributed by atoms with E-state index in [-0.39, 0.29) is 114 Å². The van der Waals surface area contributed by atoms with Crippen LogP contribution >= 0.6 is 11.8 Å². The van der Waals surface area contributed by atoms with Crippen LogP contribution in [0.5, 0.6) is 17.4 Å². The summed E-state index contributed by atoms with van der Waals surface area (Å²) in [5.41, 5.74) is 26.7. The zero-order valence-corrected chi connectivity index (χ0v) is 83.0. The molecule has 3 aromatic heterocycles. The number of aromatic hydroxyl groups is 1. The molecule has 0 aliphatic carbocycles. The SMILES string of the molecule is CCCC[C@H]1C(=O)N(C)[C@@H](CCCC)C(=O)N[C@@H](CC(C)C)C(=O)N[C@H](C(=O)NCC(N)=O)CSCC(=O)N[C@@H](Cc2ccc(O)cc2)C(=O)N(C)[C@@H](C)C(=O)N[C@@H](CC(N)=O)C(=O)N2CCC[C@H]2C(=O)N[C@@H](CN)C(=O)N[C@@H](CC(C)C)C(=O)N2C[C@H](Oc3nccc4cc(OC)ccc34)C[C@H]2C(=O)N[C@@H](Cc2c[nH]c3ccccc23)C(=O)N[C@@H](CCN)C(=O)N[C@@H](Cc2c[nH]c3ccccc23)C(=O)N1C. The molecule has 7 aromatic rings. The number of unbranched alkanes of at least 4 members (excludes halogenated alkanes) is 2. The van der Waals surface area contributed by atoms with Gasteiger partial charge in [0.2, 0.25) is 106 Å². The van der Waals surface area contributed by atoms with Crippen LogP contribution in [0.15, 0.2) is 116 Å². The predicted molar refractivity (Wildman–Crippen MR) is 530 cm³/mol. The lowest BCUT2D eigenvalue weighted by Crippen LogP contribution is -2.62. The van der Waals surface area contributed by atoms with E-state index in [0.717, 1.165) is 21.6 Å². The average molecular weight is 1990 g/mol. The van der Waals surface area contributed by atoms with Gasteiger partial charge in [-0.3, -0.25) is 81.5 Å². The van der Waals surface area contributed by atoms with E-state index < -0.39 is 222 Å². The van der Waals surface area contributed by atoms with Crippen molar-refractivity contribution >= 4 is 145 Å². The molecule has 142 heavy (non-hydrogen) atoms. The first kappa shape index (κ1) is 110. The number of amides is 17. The van der Waals surface area contributed by atoms with Crippen molar-refractivity contribution in [3.63, 3.8) is 0 Å². The second kappa shape index (κ2) is 52.0. The summed E-state index contributed by atoms with van der Waals surface area (Å²) in [4.78, 5) is 270. The summed E-state index contributed by atoms with van der Waals surface area (Å²) >= 11 is 0.802. The highest BCUT2D eigenvalue weighted by Crippen LogP contribution is 2.33. The number of rotatable bonds is 27. The van der Waals surface area contributed by atoms with Gasteiger partial charge >= 0.3 is 0 Å². The molecule has 0 bridgehead atoms. The average Bonchev–Trinajstić information content (AvgIpc) is 1.64. The first-order valence-electron chi connectivity index (χ1n) is 48.2. The molecule has 0 spiro atoms. The van der Waals surface area contributed by atoms with Crippen molar-refractivity contribution < 1.29 is 96.1 Å². The Hall–Kier alpha value is -14.0. The van der Waals surface area contributed by atoms with E-state index >= 15 is 38.4 Å². The third-order valence-electron chi connectivity index (χ3n) is 25.8. The number of primary amides is 2. The highest BCUT2D eigenvalue weighted by atomic mass is 32.2. The van der Waals surface area contributed by atoms with Crippen LogP contribution in [0.4, 0.5) is 0 Å². The molecule has 0 unspecified atom stereocenters. The number of aromatic amines is 2. The zero-order valence-electron chi connectivity index (χ0n) is 82.2. The van der Waals surface area contributed by atoms with Crippen LogP contribution in [0, 0.1) is 11.8 Å². The number of para-hydroxylation sites is 2. The molecule has 3 saturated heterocycles. The number of hydrogen-bond acceptors (Lipinski definition) is 24. The Kier molecular flexibility index (Phi) is 40.3. The topological polar surface area (TPSA) is 614 Å². The van der Waals surface area contributed by atoms with Crippen molar-refractivity contribution in [2.24, 2.45) is 34.8 Å². The maximum atomic E-state index is 16.0. The predicted octanol–water partition coefficient (Wildman–Crippen LogP) is 0.847. The summed E-state index contributed by atoms with van der Waals surface area (Å²) in [7, 11) is 5.54. The van der Waals surface area contributed by atoms with Crippen LogP contribution in [0.3, 0.4) is 0 Å². The van der Waals surface area contributed by atoms with E-state index in [4.69, 9.17) is 32.4 Å². The molecule has 0 saturated carbocycles.